The van der Waals surface area contributed by atoms with Crippen molar-refractivity contribution >= 4 is 11.9 Å². The van der Waals surface area contributed by atoms with Crippen molar-refractivity contribution in [1.29, 1.82) is 0 Å². The minimum atomic E-state index is -4.66. The number of ether oxygens (including phenoxy) is 2. The number of esters is 2. The van der Waals surface area contributed by atoms with Crippen LogP contribution in [0.2, 0.25) is 0 Å². The van der Waals surface area contributed by atoms with Gasteiger partial charge in [0.05, 0.1) is 12.2 Å². The van der Waals surface area contributed by atoms with Gasteiger partial charge in [-0.25, -0.2) is 9.59 Å². The van der Waals surface area contributed by atoms with E-state index in [1.54, 1.807) is 6.92 Å². The largest absolute Gasteiger partial charge is 0.462 e. The molecule has 0 aliphatic rings. The Hall–Kier alpha value is -3.65. The summed E-state index contributed by atoms with van der Waals surface area (Å²) in [6.07, 6.45) is 28.9. The molecule has 1 aromatic rings. The van der Waals surface area contributed by atoms with Crippen LogP contribution in [0.4, 0.5) is 13.2 Å². The first-order chi connectivity index (χ1) is 22.1. The first-order valence-corrected chi connectivity index (χ1v) is 16.3. The molecule has 0 bridgehead atoms. The molecule has 8 heteroatoms. The zero-order chi connectivity index (χ0) is 34.0. The zero-order valence-corrected chi connectivity index (χ0v) is 27.9. The normalized spacial score (nSPS) is 13.5. The van der Waals surface area contributed by atoms with E-state index in [4.69, 9.17) is 9.47 Å². The lowest BCUT2D eigenvalue weighted by molar-refractivity contribution is -0.140. The minimum Gasteiger partial charge on any atom is -0.462 e. The summed E-state index contributed by atoms with van der Waals surface area (Å²) in [5.74, 6) is -1.94. The van der Waals surface area contributed by atoms with Crippen LogP contribution >= 0.6 is 0 Å². The van der Waals surface area contributed by atoms with E-state index in [9.17, 15) is 22.8 Å². The van der Waals surface area contributed by atoms with Crippen LogP contribution in [0.3, 0.4) is 0 Å². The Morgan fingerprint density at radius 3 is 1.80 bits per heavy atom. The van der Waals surface area contributed by atoms with Crippen molar-refractivity contribution in [1.82, 2.24) is 5.32 Å². The molecule has 0 aliphatic carbocycles. The van der Waals surface area contributed by atoms with Gasteiger partial charge in [-0.3, -0.25) is 0 Å². The molecule has 0 fully saturated rings. The summed E-state index contributed by atoms with van der Waals surface area (Å²) in [4.78, 5) is 25.3. The van der Waals surface area contributed by atoms with E-state index >= 15 is 0 Å². The molecule has 0 radical (unpaired) electrons. The average molecular weight is 644 g/mol. The quantitative estimate of drug-likeness (QED) is 0.0590. The molecule has 0 spiro atoms. The summed E-state index contributed by atoms with van der Waals surface area (Å²) >= 11 is 0. The first-order valence-electron chi connectivity index (χ1n) is 16.3. The Morgan fingerprint density at radius 1 is 0.804 bits per heavy atom. The molecular weight excluding hydrogens is 591 g/mol. The van der Waals surface area contributed by atoms with E-state index < -0.39 is 35.5 Å². The van der Waals surface area contributed by atoms with Crippen molar-refractivity contribution in [3.63, 3.8) is 0 Å². The van der Waals surface area contributed by atoms with E-state index in [2.05, 4.69) is 85.2 Å². The molecule has 1 unspecified atom stereocenters. The van der Waals surface area contributed by atoms with Crippen LogP contribution in [0, 0.1) is 5.92 Å². The second kappa shape index (κ2) is 24.6. The van der Waals surface area contributed by atoms with Crippen LogP contribution < -0.4 is 10.1 Å². The Balaban J connectivity index is 2.46. The lowest BCUT2D eigenvalue weighted by atomic mass is 10.0. The minimum absolute atomic E-state index is 0.0293. The maximum Gasteiger partial charge on any atom is 0.416 e. The molecule has 1 atom stereocenters. The van der Waals surface area contributed by atoms with Crippen LogP contribution in [0.15, 0.2) is 91.1 Å². The third kappa shape index (κ3) is 19.0. The molecule has 0 aromatic heterocycles. The maximum atomic E-state index is 13.3. The molecule has 0 amide bonds. The monoisotopic (exact) mass is 643 g/mol. The molecule has 1 rings (SSSR count). The first kappa shape index (κ1) is 40.4. The van der Waals surface area contributed by atoms with Gasteiger partial charge in [0.15, 0.2) is 0 Å². The number of hydrogen-bond donors (Lipinski definition) is 1. The van der Waals surface area contributed by atoms with E-state index in [-0.39, 0.29) is 18.1 Å². The lowest BCUT2D eigenvalue weighted by Crippen LogP contribution is -2.41. The number of nitrogens with one attached hydrogen (secondary N) is 1. The van der Waals surface area contributed by atoms with Crippen molar-refractivity contribution < 1.29 is 32.2 Å². The van der Waals surface area contributed by atoms with Gasteiger partial charge in [0.1, 0.15) is 17.4 Å². The SMILES string of the molecule is CC/C=C\C/C=C\C/C=C\C/C=C\C/C=C\C/C=C\CCCNC(CC(C)C)C(=O)Oc1cc(C(F)(F)F)ccc1C(=O)OCC. The third-order valence-electron chi connectivity index (χ3n) is 6.54. The highest BCUT2D eigenvalue weighted by Gasteiger charge is 2.33. The Morgan fingerprint density at radius 2 is 1.33 bits per heavy atom. The van der Waals surface area contributed by atoms with Crippen LogP contribution in [-0.4, -0.2) is 31.1 Å². The van der Waals surface area contributed by atoms with Gasteiger partial charge in [-0.05, 0) is 95.4 Å². The number of carbonyl (C=O) groups excluding carboxylic acids is 2. The molecule has 1 aromatic carbocycles. The molecule has 5 nitrogen and oxygen atoms in total. The Bertz CT molecular complexity index is 1190. The smallest absolute Gasteiger partial charge is 0.416 e. The van der Waals surface area contributed by atoms with Crippen molar-refractivity contribution in [3.05, 3.63) is 102 Å². The number of allylic oxidation sites excluding steroid dienone is 12. The number of benzene rings is 1. The summed E-state index contributed by atoms with van der Waals surface area (Å²) in [6.45, 7) is 8.14. The van der Waals surface area contributed by atoms with E-state index in [0.29, 0.717) is 19.0 Å². The van der Waals surface area contributed by atoms with Gasteiger partial charge < -0.3 is 14.8 Å². The Labute approximate surface area is 274 Å². The summed E-state index contributed by atoms with van der Waals surface area (Å²) in [5, 5.41) is 3.17. The summed E-state index contributed by atoms with van der Waals surface area (Å²) < 4.78 is 50.2. The molecule has 46 heavy (non-hydrogen) atoms. The van der Waals surface area contributed by atoms with Gasteiger partial charge in [-0.15, -0.1) is 0 Å². The number of unbranched alkanes of at least 4 members (excludes halogenated alkanes) is 1. The van der Waals surface area contributed by atoms with E-state index in [0.717, 1.165) is 63.5 Å². The van der Waals surface area contributed by atoms with Gasteiger partial charge in [-0.1, -0.05) is 93.7 Å². The second-order valence-electron chi connectivity index (χ2n) is 11.0. The van der Waals surface area contributed by atoms with Gasteiger partial charge in [-0.2, -0.15) is 13.2 Å². The third-order valence-corrected chi connectivity index (χ3v) is 6.54. The molecule has 0 heterocycles. The topological polar surface area (TPSA) is 64.6 Å². The molecule has 0 saturated heterocycles. The lowest BCUT2D eigenvalue weighted by Gasteiger charge is -2.20. The highest BCUT2D eigenvalue weighted by molar-refractivity contribution is 5.94. The van der Waals surface area contributed by atoms with Crippen LogP contribution in [0.1, 0.15) is 101 Å². The molecule has 0 aliphatic heterocycles. The molecular formula is C38H52F3NO4. The predicted molar refractivity (Wildman–Crippen MR) is 182 cm³/mol. The zero-order valence-electron chi connectivity index (χ0n) is 27.9. The fraction of sp³-hybridized carbons (Fsp3) is 0.474. The molecule has 1 N–H and O–H groups in total. The van der Waals surface area contributed by atoms with Crippen LogP contribution in [0.5, 0.6) is 5.75 Å². The summed E-state index contributed by atoms with van der Waals surface area (Å²) in [6, 6.07) is 1.66. The van der Waals surface area contributed by atoms with E-state index in [1.165, 1.54) is 0 Å². The Kier molecular flexibility index (Phi) is 21.6. The number of halogens is 3. The van der Waals surface area contributed by atoms with Gasteiger partial charge in [0, 0.05) is 0 Å². The fourth-order valence-corrected chi connectivity index (χ4v) is 4.21. The molecule has 0 saturated carbocycles. The van der Waals surface area contributed by atoms with Gasteiger partial charge in [0.25, 0.3) is 0 Å². The summed E-state index contributed by atoms with van der Waals surface area (Å²) in [5.41, 5.74) is -1.25. The van der Waals surface area contributed by atoms with Crippen molar-refractivity contribution in [2.45, 2.75) is 97.7 Å². The van der Waals surface area contributed by atoms with Crippen LogP contribution in [0.25, 0.3) is 0 Å². The highest BCUT2D eigenvalue weighted by Crippen LogP contribution is 2.33. The predicted octanol–water partition coefficient (Wildman–Crippen LogP) is 10.3. The van der Waals surface area contributed by atoms with E-state index in [1.807, 2.05) is 13.8 Å². The number of alkyl halides is 3. The number of rotatable bonds is 22. The van der Waals surface area contributed by atoms with Crippen molar-refractivity contribution in [2.75, 3.05) is 13.2 Å². The highest BCUT2D eigenvalue weighted by atomic mass is 19.4. The standard InChI is InChI=1S/C38H52F3NO4/c1-5-7-8-9-10-11-12-13-14-15-16-17-18-19-20-21-22-23-24-25-28-42-34(29-31(3)4)37(44)46-35-30-32(38(39,40)41)26-27-33(35)36(43)45-6-2/h7-8,10-11,13-14,16-17,19-20,22-23,26-27,30-31,34,42H,5-6,9,12,15,18,21,24-25,28-29H2,1-4H3/b8-7-,11-10-,14-13-,17-16-,20-19-,23-22-. The van der Waals surface area contributed by atoms with Gasteiger partial charge in [0.2, 0.25) is 0 Å². The number of carbonyl (C=O) groups is 2. The fourth-order valence-electron chi connectivity index (χ4n) is 4.21. The van der Waals surface area contributed by atoms with Crippen LogP contribution in [-0.2, 0) is 15.7 Å². The average Bonchev–Trinajstić information content (AvgIpc) is 3.00. The van der Waals surface area contributed by atoms with Crippen molar-refractivity contribution in [3.8, 4) is 5.75 Å². The van der Waals surface area contributed by atoms with Gasteiger partial charge >= 0.3 is 18.1 Å². The number of hydrogen-bond acceptors (Lipinski definition) is 5. The molecule has 254 valence electrons. The summed E-state index contributed by atoms with van der Waals surface area (Å²) in [7, 11) is 0. The maximum absolute atomic E-state index is 13.3. The second-order valence-corrected chi connectivity index (χ2v) is 11.0. The van der Waals surface area contributed by atoms with Crippen molar-refractivity contribution in [2.24, 2.45) is 5.92 Å².